The van der Waals surface area contributed by atoms with E-state index < -0.39 is 0 Å². The predicted octanol–water partition coefficient (Wildman–Crippen LogP) is 7.80. The van der Waals surface area contributed by atoms with Crippen molar-refractivity contribution in [3.05, 3.63) is 93.1 Å². The third-order valence-electron chi connectivity index (χ3n) is 3.94. The molecule has 0 aliphatic carbocycles. The lowest BCUT2D eigenvalue weighted by atomic mass is 10.0. The van der Waals surface area contributed by atoms with Gasteiger partial charge in [-0.15, -0.1) is 0 Å². The highest BCUT2D eigenvalue weighted by atomic mass is 127. The first-order valence-electron chi connectivity index (χ1n) is 8.21. The largest absolute Gasteiger partial charge is 0.487 e. The van der Waals surface area contributed by atoms with E-state index in [-0.39, 0.29) is 0 Å². The SMILES string of the molecule is N#C/C(=C/c1cc(I)c(OCc2ccccc2Cl)c(I)c1)c1ccc(I)cc1. The molecule has 3 rings (SSSR count). The summed E-state index contributed by atoms with van der Waals surface area (Å²) in [6, 6.07) is 21.9. The van der Waals surface area contributed by atoms with E-state index in [9.17, 15) is 5.26 Å². The molecule has 140 valence electrons. The van der Waals surface area contributed by atoms with E-state index in [1.165, 1.54) is 0 Å². The molecule has 0 atom stereocenters. The lowest BCUT2D eigenvalue weighted by molar-refractivity contribution is 0.302. The number of nitrogens with zero attached hydrogens (tertiary/aromatic N) is 1. The van der Waals surface area contributed by atoms with Crippen molar-refractivity contribution in [2.24, 2.45) is 0 Å². The fraction of sp³-hybridized carbons (Fsp3) is 0.0455. The molecule has 0 unspecified atom stereocenters. The van der Waals surface area contributed by atoms with Gasteiger partial charge in [0.05, 0.1) is 18.8 Å². The highest BCUT2D eigenvalue weighted by Gasteiger charge is 2.11. The summed E-state index contributed by atoms with van der Waals surface area (Å²) in [6.45, 7) is 0.410. The molecule has 0 saturated carbocycles. The van der Waals surface area contributed by atoms with Gasteiger partial charge in [0, 0.05) is 14.2 Å². The number of allylic oxidation sites excluding steroid dienone is 1. The van der Waals surface area contributed by atoms with E-state index in [0.717, 1.165) is 33.2 Å². The molecular formula is C22H13ClI3NO. The van der Waals surface area contributed by atoms with Crippen molar-refractivity contribution in [2.75, 3.05) is 0 Å². The highest BCUT2D eigenvalue weighted by Crippen LogP contribution is 2.32. The number of halogens is 4. The molecule has 0 amide bonds. The van der Waals surface area contributed by atoms with Crippen LogP contribution in [-0.2, 0) is 6.61 Å². The minimum Gasteiger partial charge on any atom is -0.487 e. The van der Waals surface area contributed by atoms with Gasteiger partial charge in [0.25, 0.3) is 0 Å². The van der Waals surface area contributed by atoms with Gasteiger partial charge in [-0.2, -0.15) is 5.26 Å². The van der Waals surface area contributed by atoms with E-state index in [0.29, 0.717) is 17.2 Å². The van der Waals surface area contributed by atoms with Crippen LogP contribution in [-0.4, -0.2) is 0 Å². The summed E-state index contributed by atoms with van der Waals surface area (Å²) in [4.78, 5) is 0. The second-order valence-electron chi connectivity index (χ2n) is 5.87. The molecule has 0 aromatic heterocycles. The van der Waals surface area contributed by atoms with E-state index in [1.54, 1.807) is 0 Å². The van der Waals surface area contributed by atoms with Crippen molar-refractivity contribution in [1.29, 1.82) is 5.26 Å². The van der Waals surface area contributed by atoms with Gasteiger partial charge < -0.3 is 4.74 Å². The number of nitriles is 1. The molecule has 0 N–H and O–H groups in total. The standard InChI is InChI=1S/C22H13ClI3NO/c23-19-4-2-1-3-16(19)13-28-22-20(25)10-14(11-21(22)26)9-17(12-27)15-5-7-18(24)8-6-15/h1-11H,13H2/b17-9-. The highest BCUT2D eigenvalue weighted by molar-refractivity contribution is 14.1. The molecule has 0 radical (unpaired) electrons. The van der Waals surface area contributed by atoms with E-state index in [2.05, 4.69) is 73.8 Å². The number of hydrogen-bond donors (Lipinski definition) is 0. The average molecular weight is 724 g/mol. The first-order chi connectivity index (χ1) is 13.5. The average Bonchev–Trinajstić information content (AvgIpc) is 2.67. The van der Waals surface area contributed by atoms with Crippen molar-refractivity contribution < 1.29 is 4.74 Å². The van der Waals surface area contributed by atoms with Crippen LogP contribution >= 0.6 is 79.4 Å². The molecule has 3 aromatic carbocycles. The smallest absolute Gasteiger partial charge is 0.146 e. The van der Waals surface area contributed by atoms with E-state index >= 15 is 0 Å². The summed E-state index contributed by atoms with van der Waals surface area (Å²) in [7, 11) is 0. The Morgan fingerprint density at radius 2 is 1.64 bits per heavy atom. The summed E-state index contributed by atoms with van der Waals surface area (Å²) >= 11 is 13.0. The van der Waals surface area contributed by atoms with Crippen LogP contribution in [0.25, 0.3) is 11.6 Å². The van der Waals surface area contributed by atoms with Crippen LogP contribution in [0.15, 0.2) is 60.7 Å². The molecule has 0 saturated heterocycles. The lowest BCUT2D eigenvalue weighted by Gasteiger charge is -2.12. The van der Waals surface area contributed by atoms with E-state index in [4.69, 9.17) is 16.3 Å². The maximum absolute atomic E-state index is 9.58. The molecule has 0 fully saturated rings. The molecule has 0 heterocycles. The fourth-order valence-electron chi connectivity index (χ4n) is 2.54. The first-order valence-corrected chi connectivity index (χ1v) is 11.8. The maximum Gasteiger partial charge on any atom is 0.146 e. The number of hydrogen-bond acceptors (Lipinski definition) is 2. The van der Waals surface area contributed by atoms with Gasteiger partial charge >= 0.3 is 0 Å². The zero-order valence-electron chi connectivity index (χ0n) is 14.4. The van der Waals surface area contributed by atoms with Crippen molar-refractivity contribution >= 4 is 91.0 Å². The number of benzene rings is 3. The van der Waals surface area contributed by atoms with Gasteiger partial charge in [0.2, 0.25) is 0 Å². The summed E-state index contributed by atoms with van der Waals surface area (Å²) in [6.07, 6.45) is 1.91. The Labute approximate surface area is 210 Å². The predicted molar refractivity (Wildman–Crippen MR) is 140 cm³/mol. The third kappa shape index (κ3) is 5.62. The Bertz CT molecular complexity index is 1050. The van der Waals surface area contributed by atoms with Gasteiger partial charge in [-0.1, -0.05) is 41.9 Å². The van der Waals surface area contributed by atoms with E-state index in [1.807, 2.05) is 66.7 Å². The first kappa shape index (κ1) is 21.9. The van der Waals surface area contributed by atoms with Gasteiger partial charge in [0.1, 0.15) is 12.4 Å². The lowest BCUT2D eigenvalue weighted by Crippen LogP contribution is -2.00. The van der Waals surface area contributed by atoms with Crippen LogP contribution in [0.1, 0.15) is 16.7 Å². The van der Waals surface area contributed by atoms with Crippen LogP contribution in [0, 0.1) is 22.0 Å². The molecule has 0 bridgehead atoms. The summed E-state index contributed by atoms with van der Waals surface area (Å²) in [5.41, 5.74) is 3.46. The van der Waals surface area contributed by atoms with Crippen LogP contribution in [0.4, 0.5) is 0 Å². The van der Waals surface area contributed by atoms with Gasteiger partial charge in [-0.25, -0.2) is 0 Å². The third-order valence-corrected chi connectivity index (χ3v) is 6.63. The number of rotatable bonds is 5. The normalized spacial score (nSPS) is 11.2. The Kier molecular flexibility index (Phi) is 8.02. The molecule has 2 nitrogen and oxygen atoms in total. The van der Waals surface area contributed by atoms with Crippen molar-refractivity contribution in [1.82, 2.24) is 0 Å². The Balaban J connectivity index is 1.86. The van der Waals surface area contributed by atoms with Gasteiger partial charge in [-0.05, 0) is 115 Å². The zero-order valence-corrected chi connectivity index (χ0v) is 21.7. The van der Waals surface area contributed by atoms with Crippen LogP contribution in [0.2, 0.25) is 5.02 Å². The minimum atomic E-state index is 0.410. The minimum absolute atomic E-state index is 0.410. The molecule has 6 heteroatoms. The second kappa shape index (κ2) is 10.3. The molecule has 3 aromatic rings. The molecular weight excluding hydrogens is 710 g/mol. The van der Waals surface area contributed by atoms with Crippen LogP contribution in [0.5, 0.6) is 5.75 Å². The molecule has 0 spiro atoms. The number of ether oxygens (including phenoxy) is 1. The van der Waals surface area contributed by atoms with Gasteiger partial charge in [0.15, 0.2) is 0 Å². The van der Waals surface area contributed by atoms with Crippen LogP contribution in [0.3, 0.4) is 0 Å². The van der Waals surface area contributed by atoms with Crippen LogP contribution < -0.4 is 4.74 Å². The quantitative estimate of drug-likeness (QED) is 0.153. The molecule has 28 heavy (non-hydrogen) atoms. The molecule has 0 aliphatic rings. The zero-order chi connectivity index (χ0) is 20.1. The summed E-state index contributed by atoms with van der Waals surface area (Å²) in [5.74, 6) is 0.825. The monoisotopic (exact) mass is 723 g/mol. The Morgan fingerprint density at radius 1 is 1.00 bits per heavy atom. The van der Waals surface area contributed by atoms with Crippen molar-refractivity contribution in [3.8, 4) is 11.8 Å². The summed E-state index contributed by atoms with van der Waals surface area (Å²) < 4.78 is 9.15. The maximum atomic E-state index is 9.58. The van der Waals surface area contributed by atoms with Crippen molar-refractivity contribution in [3.63, 3.8) is 0 Å². The Hall–Kier alpha value is -0.830. The van der Waals surface area contributed by atoms with Gasteiger partial charge in [-0.3, -0.25) is 0 Å². The second-order valence-corrected chi connectivity index (χ2v) is 9.85. The fourth-order valence-corrected chi connectivity index (χ4v) is 5.22. The Morgan fingerprint density at radius 3 is 2.25 bits per heavy atom. The summed E-state index contributed by atoms with van der Waals surface area (Å²) in [5, 5.41) is 10.3. The van der Waals surface area contributed by atoms with Crippen molar-refractivity contribution in [2.45, 2.75) is 6.61 Å². The topological polar surface area (TPSA) is 33.0 Å². The molecule has 0 aliphatic heterocycles.